The molecular weight excluding hydrogens is 236 g/mol. The zero-order valence-electron chi connectivity index (χ0n) is 10.5. The largest absolute Gasteiger partial charge is 0.480 e. The van der Waals surface area contributed by atoms with Crippen LogP contribution in [-0.4, -0.2) is 41.3 Å². The molecule has 5 N–H and O–H groups in total. The number of rotatable bonds is 6. The first-order valence-corrected chi connectivity index (χ1v) is 6.40. The number of amides is 1. The molecule has 0 heterocycles. The van der Waals surface area contributed by atoms with Gasteiger partial charge in [0.25, 0.3) is 0 Å². The lowest BCUT2D eigenvalue weighted by atomic mass is 9.73. The van der Waals surface area contributed by atoms with Gasteiger partial charge in [0.2, 0.25) is 5.91 Å². The molecule has 6 heteroatoms. The third-order valence-electron chi connectivity index (χ3n) is 3.70. The Labute approximate surface area is 107 Å². The molecule has 0 aromatic rings. The fourth-order valence-electron chi connectivity index (χ4n) is 2.45. The van der Waals surface area contributed by atoms with E-state index in [0.29, 0.717) is 12.8 Å². The molecule has 0 aromatic carbocycles. The maximum atomic E-state index is 12.2. The van der Waals surface area contributed by atoms with Crippen LogP contribution in [0, 0.1) is 5.41 Å². The van der Waals surface area contributed by atoms with Gasteiger partial charge in [0.15, 0.2) is 0 Å². The van der Waals surface area contributed by atoms with Gasteiger partial charge in [0.05, 0.1) is 5.41 Å². The highest BCUT2D eigenvalue weighted by atomic mass is 16.4. The van der Waals surface area contributed by atoms with Crippen LogP contribution >= 0.6 is 0 Å². The van der Waals surface area contributed by atoms with Crippen molar-refractivity contribution in [3.8, 4) is 0 Å². The van der Waals surface area contributed by atoms with Crippen molar-refractivity contribution in [2.45, 2.75) is 44.6 Å². The van der Waals surface area contributed by atoms with E-state index in [0.717, 1.165) is 19.3 Å². The molecule has 0 unspecified atom stereocenters. The molecule has 1 fully saturated rings. The maximum Gasteiger partial charge on any atom is 0.326 e. The van der Waals surface area contributed by atoms with Crippen molar-refractivity contribution in [2.75, 3.05) is 13.2 Å². The van der Waals surface area contributed by atoms with Gasteiger partial charge in [-0.15, -0.1) is 0 Å². The van der Waals surface area contributed by atoms with Crippen LogP contribution in [0.3, 0.4) is 0 Å². The Balaban J connectivity index is 2.68. The SMILES string of the molecule is NCC1(C(=O)N[C@H](CCO)C(=O)O)CCCCC1. The quantitative estimate of drug-likeness (QED) is 0.529. The van der Waals surface area contributed by atoms with E-state index in [9.17, 15) is 9.59 Å². The van der Waals surface area contributed by atoms with Gasteiger partial charge < -0.3 is 21.3 Å². The Morgan fingerprint density at radius 3 is 2.33 bits per heavy atom. The van der Waals surface area contributed by atoms with E-state index in [-0.39, 0.29) is 25.5 Å². The summed E-state index contributed by atoms with van der Waals surface area (Å²) < 4.78 is 0. The number of carboxylic acid groups (broad SMARTS) is 1. The van der Waals surface area contributed by atoms with Crippen molar-refractivity contribution in [3.63, 3.8) is 0 Å². The molecule has 0 bridgehead atoms. The molecule has 1 saturated carbocycles. The molecule has 1 rings (SSSR count). The first-order valence-electron chi connectivity index (χ1n) is 6.40. The number of aliphatic carboxylic acids is 1. The fourth-order valence-corrected chi connectivity index (χ4v) is 2.45. The number of carboxylic acids is 1. The van der Waals surface area contributed by atoms with Crippen molar-refractivity contribution < 1.29 is 19.8 Å². The van der Waals surface area contributed by atoms with Crippen LogP contribution in [-0.2, 0) is 9.59 Å². The zero-order chi connectivity index (χ0) is 13.6. The first kappa shape index (κ1) is 14.9. The topological polar surface area (TPSA) is 113 Å². The Kier molecular flexibility index (Phi) is 5.55. The number of hydrogen-bond acceptors (Lipinski definition) is 4. The molecule has 104 valence electrons. The van der Waals surface area contributed by atoms with Gasteiger partial charge in [-0.3, -0.25) is 4.79 Å². The second-order valence-electron chi connectivity index (χ2n) is 4.92. The predicted molar refractivity (Wildman–Crippen MR) is 65.8 cm³/mol. The van der Waals surface area contributed by atoms with Crippen molar-refractivity contribution in [2.24, 2.45) is 11.1 Å². The van der Waals surface area contributed by atoms with E-state index in [1.165, 1.54) is 0 Å². The minimum Gasteiger partial charge on any atom is -0.480 e. The predicted octanol–water partition coefficient (Wildman–Crippen LogP) is -0.153. The van der Waals surface area contributed by atoms with Crippen LogP contribution in [0.5, 0.6) is 0 Å². The molecule has 18 heavy (non-hydrogen) atoms. The Hall–Kier alpha value is -1.14. The van der Waals surface area contributed by atoms with Crippen LogP contribution in [0.4, 0.5) is 0 Å². The normalized spacial score (nSPS) is 20.1. The average molecular weight is 258 g/mol. The highest BCUT2D eigenvalue weighted by molar-refractivity contribution is 5.87. The Morgan fingerprint density at radius 1 is 1.28 bits per heavy atom. The second kappa shape index (κ2) is 6.70. The molecular formula is C12H22N2O4. The summed E-state index contributed by atoms with van der Waals surface area (Å²) in [4.78, 5) is 23.1. The molecule has 0 spiro atoms. The third-order valence-corrected chi connectivity index (χ3v) is 3.70. The molecule has 0 saturated heterocycles. The number of aliphatic hydroxyl groups is 1. The van der Waals surface area contributed by atoms with Gasteiger partial charge in [-0.05, 0) is 12.8 Å². The van der Waals surface area contributed by atoms with Gasteiger partial charge in [-0.1, -0.05) is 19.3 Å². The monoisotopic (exact) mass is 258 g/mol. The number of carbonyl (C=O) groups excluding carboxylic acids is 1. The van der Waals surface area contributed by atoms with E-state index in [1.807, 2.05) is 0 Å². The van der Waals surface area contributed by atoms with Gasteiger partial charge in [-0.25, -0.2) is 4.79 Å². The van der Waals surface area contributed by atoms with E-state index in [4.69, 9.17) is 15.9 Å². The summed E-state index contributed by atoms with van der Waals surface area (Å²) in [6.07, 6.45) is 4.42. The Morgan fingerprint density at radius 2 is 1.89 bits per heavy atom. The number of nitrogens with two attached hydrogens (primary N) is 1. The molecule has 1 aliphatic rings. The molecule has 1 aliphatic carbocycles. The van der Waals surface area contributed by atoms with Crippen molar-refractivity contribution >= 4 is 11.9 Å². The van der Waals surface area contributed by atoms with Crippen LogP contribution < -0.4 is 11.1 Å². The summed E-state index contributed by atoms with van der Waals surface area (Å²) in [5.74, 6) is -1.41. The van der Waals surface area contributed by atoms with Crippen molar-refractivity contribution in [3.05, 3.63) is 0 Å². The molecule has 0 radical (unpaired) electrons. The minimum absolute atomic E-state index is 0.0156. The molecule has 0 aromatic heterocycles. The summed E-state index contributed by atoms with van der Waals surface area (Å²) in [7, 11) is 0. The lowest BCUT2D eigenvalue weighted by Crippen LogP contribution is -2.52. The number of hydrogen-bond donors (Lipinski definition) is 4. The highest BCUT2D eigenvalue weighted by Crippen LogP contribution is 2.35. The van der Waals surface area contributed by atoms with E-state index in [2.05, 4.69) is 5.32 Å². The van der Waals surface area contributed by atoms with Crippen molar-refractivity contribution in [1.29, 1.82) is 0 Å². The Bertz CT molecular complexity index is 300. The van der Waals surface area contributed by atoms with Crippen LogP contribution in [0.2, 0.25) is 0 Å². The van der Waals surface area contributed by atoms with E-state index < -0.39 is 17.4 Å². The smallest absolute Gasteiger partial charge is 0.326 e. The van der Waals surface area contributed by atoms with Crippen molar-refractivity contribution in [1.82, 2.24) is 5.32 Å². The molecule has 0 aliphatic heterocycles. The maximum absolute atomic E-state index is 12.2. The summed E-state index contributed by atoms with van der Waals surface area (Å²) in [6, 6.07) is -1.03. The van der Waals surface area contributed by atoms with Gasteiger partial charge >= 0.3 is 5.97 Å². The second-order valence-corrected chi connectivity index (χ2v) is 4.92. The molecule has 6 nitrogen and oxygen atoms in total. The van der Waals surface area contributed by atoms with Crippen LogP contribution in [0.1, 0.15) is 38.5 Å². The number of nitrogens with one attached hydrogen (secondary N) is 1. The number of carbonyl (C=O) groups is 2. The van der Waals surface area contributed by atoms with Gasteiger partial charge in [-0.2, -0.15) is 0 Å². The van der Waals surface area contributed by atoms with Gasteiger partial charge in [0, 0.05) is 19.6 Å². The van der Waals surface area contributed by atoms with Crippen LogP contribution in [0.15, 0.2) is 0 Å². The van der Waals surface area contributed by atoms with E-state index in [1.54, 1.807) is 0 Å². The fraction of sp³-hybridized carbons (Fsp3) is 0.833. The molecule has 1 atom stereocenters. The van der Waals surface area contributed by atoms with Crippen LogP contribution in [0.25, 0.3) is 0 Å². The zero-order valence-corrected chi connectivity index (χ0v) is 10.5. The van der Waals surface area contributed by atoms with E-state index >= 15 is 0 Å². The first-order chi connectivity index (χ1) is 8.55. The molecule has 1 amide bonds. The summed E-state index contributed by atoms with van der Waals surface area (Å²) >= 11 is 0. The lowest BCUT2D eigenvalue weighted by molar-refractivity contribution is -0.144. The van der Waals surface area contributed by atoms with Gasteiger partial charge in [0.1, 0.15) is 6.04 Å². The lowest BCUT2D eigenvalue weighted by Gasteiger charge is -2.35. The summed E-state index contributed by atoms with van der Waals surface area (Å²) in [5.41, 5.74) is 5.08. The minimum atomic E-state index is -1.12. The standard InChI is InChI=1S/C12H22N2O4/c13-8-12(5-2-1-3-6-12)11(18)14-9(4-7-15)10(16)17/h9,15H,1-8,13H2,(H,14,18)(H,16,17)/t9-/m1/s1. The highest BCUT2D eigenvalue weighted by Gasteiger charge is 2.39. The third kappa shape index (κ3) is 3.43. The average Bonchev–Trinajstić information content (AvgIpc) is 2.38. The summed E-state index contributed by atoms with van der Waals surface area (Å²) in [6.45, 7) is -0.0306. The number of aliphatic hydroxyl groups excluding tert-OH is 1. The summed E-state index contributed by atoms with van der Waals surface area (Å²) in [5, 5.41) is 20.2.